The molecule has 1 saturated heterocycles. The largest absolute Gasteiger partial charge is 0.312 e. The van der Waals surface area contributed by atoms with Crippen LogP contribution in [0.3, 0.4) is 0 Å². The number of nitrogens with zero attached hydrogens (tertiary/aromatic N) is 1. The van der Waals surface area contributed by atoms with E-state index in [1.54, 1.807) is 0 Å². The fraction of sp³-hybridized carbons (Fsp3) is 0.208. The number of rotatable bonds is 3. The zero-order valence-electron chi connectivity index (χ0n) is 15.1. The summed E-state index contributed by atoms with van der Waals surface area (Å²) in [6.07, 6.45) is 1.52. The Labute approximate surface area is 155 Å². The van der Waals surface area contributed by atoms with Gasteiger partial charge in [0.25, 0.3) is 0 Å². The van der Waals surface area contributed by atoms with Crippen molar-refractivity contribution in [3.05, 3.63) is 90.5 Å². The lowest BCUT2D eigenvalue weighted by Crippen LogP contribution is -2.45. The quantitative estimate of drug-likeness (QED) is 0.621. The molecule has 130 valence electrons. The van der Waals surface area contributed by atoms with Crippen LogP contribution in [-0.2, 0) is 10.2 Å². The Kier molecular flexibility index (Phi) is 4.34. The highest BCUT2D eigenvalue weighted by molar-refractivity contribution is 5.95. The maximum Gasteiger partial charge on any atom is 0.227 e. The number of amides is 1. The van der Waals surface area contributed by atoms with Crippen molar-refractivity contribution in [1.82, 2.24) is 0 Å². The van der Waals surface area contributed by atoms with Crippen LogP contribution in [0.5, 0.6) is 0 Å². The zero-order chi connectivity index (χ0) is 18.0. The van der Waals surface area contributed by atoms with Gasteiger partial charge in [-0.3, -0.25) is 4.79 Å². The van der Waals surface area contributed by atoms with Crippen molar-refractivity contribution in [2.45, 2.75) is 25.2 Å². The van der Waals surface area contributed by atoms with Crippen LogP contribution >= 0.6 is 0 Å². The fourth-order valence-corrected chi connectivity index (χ4v) is 3.84. The van der Waals surface area contributed by atoms with Crippen LogP contribution in [-0.4, -0.2) is 12.5 Å². The molecule has 1 aliphatic rings. The molecule has 1 amide bonds. The summed E-state index contributed by atoms with van der Waals surface area (Å²) in [5.41, 5.74) is 4.49. The molecule has 2 nitrogen and oxygen atoms in total. The first-order chi connectivity index (χ1) is 12.7. The molecular formula is C24H23NO. The summed E-state index contributed by atoms with van der Waals surface area (Å²) in [7, 11) is 0. The van der Waals surface area contributed by atoms with Gasteiger partial charge in [-0.25, -0.2) is 0 Å². The molecule has 0 saturated carbocycles. The monoisotopic (exact) mass is 341 g/mol. The van der Waals surface area contributed by atoms with Crippen LogP contribution in [0.25, 0.3) is 11.1 Å². The minimum Gasteiger partial charge on any atom is -0.312 e. The maximum absolute atomic E-state index is 13.0. The van der Waals surface area contributed by atoms with Gasteiger partial charge < -0.3 is 4.90 Å². The molecule has 1 unspecified atom stereocenters. The molecule has 3 aromatic carbocycles. The van der Waals surface area contributed by atoms with Crippen molar-refractivity contribution < 1.29 is 4.79 Å². The Morgan fingerprint density at radius 1 is 0.808 bits per heavy atom. The molecule has 1 heterocycles. The van der Waals surface area contributed by atoms with Gasteiger partial charge in [0.15, 0.2) is 0 Å². The van der Waals surface area contributed by atoms with Crippen molar-refractivity contribution in [3.63, 3.8) is 0 Å². The molecular weight excluding hydrogens is 318 g/mol. The number of anilines is 1. The van der Waals surface area contributed by atoms with E-state index in [0.717, 1.165) is 24.2 Å². The van der Waals surface area contributed by atoms with Gasteiger partial charge in [-0.2, -0.15) is 0 Å². The normalized spacial score (nSPS) is 20.2. The number of hydrogen-bond donors (Lipinski definition) is 0. The Bertz CT molecular complexity index is 904. The third kappa shape index (κ3) is 3.15. The van der Waals surface area contributed by atoms with Crippen LogP contribution < -0.4 is 4.90 Å². The lowest BCUT2D eigenvalue weighted by atomic mass is 9.74. The van der Waals surface area contributed by atoms with Gasteiger partial charge in [0, 0.05) is 24.1 Å². The summed E-state index contributed by atoms with van der Waals surface area (Å²) in [6, 6.07) is 29.0. The third-order valence-electron chi connectivity index (χ3n) is 5.47. The first kappa shape index (κ1) is 16.6. The highest BCUT2D eigenvalue weighted by atomic mass is 16.2. The van der Waals surface area contributed by atoms with E-state index in [9.17, 15) is 4.79 Å². The lowest BCUT2D eigenvalue weighted by molar-refractivity contribution is -0.121. The Morgan fingerprint density at radius 3 is 2.15 bits per heavy atom. The van der Waals surface area contributed by atoms with Gasteiger partial charge >= 0.3 is 0 Å². The molecule has 26 heavy (non-hydrogen) atoms. The molecule has 1 aliphatic heterocycles. The Morgan fingerprint density at radius 2 is 1.46 bits per heavy atom. The molecule has 0 N–H and O–H groups in total. The average molecular weight is 341 g/mol. The number of carbonyl (C=O) groups is 1. The standard InChI is InChI=1S/C24H23NO/c1-24(21-12-6-3-7-13-21)15-16-25(23(26)18-24)22-14-8-11-20(17-22)19-9-4-2-5-10-19/h2-14,17H,15-16,18H2,1H3. The van der Waals surface area contributed by atoms with Crippen LogP contribution in [0, 0.1) is 0 Å². The highest BCUT2D eigenvalue weighted by Crippen LogP contribution is 2.37. The second-order valence-corrected chi connectivity index (χ2v) is 7.32. The molecule has 0 bridgehead atoms. The number of hydrogen-bond acceptors (Lipinski definition) is 1. The van der Waals surface area contributed by atoms with Crippen molar-refractivity contribution in [2.24, 2.45) is 0 Å². The molecule has 3 aromatic rings. The van der Waals surface area contributed by atoms with Crippen LogP contribution in [0.4, 0.5) is 5.69 Å². The first-order valence-electron chi connectivity index (χ1n) is 9.17. The van der Waals surface area contributed by atoms with Crippen molar-refractivity contribution >= 4 is 11.6 Å². The van der Waals surface area contributed by atoms with E-state index in [0.29, 0.717) is 6.42 Å². The van der Waals surface area contributed by atoms with E-state index in [2.05, 4.69) is 55.5 Å². The van der Waals surface area contributed by atoms with Crippen LogP contribution in [0.1, 0.15) is 25.3 Å². The maximum atomic E-state index is 13.0. The third-order valence-corrected chi connectivity index (χ3v) is 5.47. The number of carbonyl (C=O) groups excluding carboxylic acids is 1. The van der Waals surface area contributed by atoms with Gasteiger partial charge in [0.2, 0.25) is 5.91 Å². The van der Waals surface area contributed by atoms with Crippen LogP contribution in [0.2, 0.25) is 0 Å². The molecule has 1 atom stereocenters. The lowest BCUT2D eigenvalue weighted by Gasteiger charge is -2.39. The van der Waals surface area contributed by atoms with Gasteiger partial charge in [-0.15, -0.1) is 0 Å². The fourth-order valence-electron chi connectivity index (χ4n) is 3.84. The predicted molar refractivity (Wildman–Crippen MR) is 107 cm³/mol. The average Bonchev–Trinajstić information content (AvgIpc) is 2.69. The molecule has 4 rings (SSSR count). The number of benzene rings is 3. The van der Waals surface area contributed by atoms with E-state index in [-0.39, 0.29) is 11.3 Å². The van der Waals surface area contributed by atoms with Crippen LogP contribution in [0.15, 0.2) is 84.9 Å². The van der Waals surface area contributed by atoms with Gasteiger partial charge in [-0.05, 0) is 35.2 Å². The molecule has 0 aliphatic carbocycles. The second kappa shape index (κ2) is 6.80. The smallest absolute Gasteiger partial charge is 0.227 e. The van der Waals surface area contributed by atoms with E-state index >= 15 is 0 Å². The molecule has 0 aromatic heterocycles. The van der Waals surface area contributed by atoms with Gasteiger partial charge in [0.1, 0.15) is 0 Å². The molecule has 2 heteroatoms. The minimum absolute atomic E-state index is 0.0775. The summed E-state index contributed by atoms with van der Waals surface area (Å²) in [5.74, 6) is 0.202. The zero-order valence-corrected chi connectivity index (χ0v) is 15.1. The first-order valence-corrected chi connectivity index (χ1v) is 9.17. The topological polar surface area (TPSA) is 20.3 Å². The highest BCUT2D eigenvalue weighted by Gasteiger charge is 2.36. The minimum atomic E-state index is -0.0775. The van der Waals surface area contributed by atoms with Crippen molar-refractivity contribution in [1.29, 1.82) is 0 Å². The van der Waals surface area contributed by atoms with Gasteiger partial charge in [-0.1, -0.05) is 79.7 Å². The summed E-state index contributed by atoms with van der Waals surface area (Å²) >= 11 is 0. The summed E-state index contributed by atoms with van der Waals surface area (Å²) in [4.78, 5) is 14.9. The van der Waals surface area contributed by atoms with E-state index < -0.39 is 0 Å². The SMILES string of the molecule is CC1(c2ccccc2)CCN(c2cccc(-c3ccccc3)c2)C(=O)C1. The second-order valence-electron chi connectivity index (χ2n) is 7.32. The molecule has 1 fully saturated rings. The summed E-state index contributed by atoms with van der Waals surface area (Å²) in [6.45, 7) is 2.96. The van der Waals surface area contributed by atoms with E-state index in [4.69, 9.17) is 0 Å². The Balaban J connectivity index is 1.58. The number of piperidine rings is 1. The van der Waals surface area contributed by atoms with E-state index in [1.807, 2.05) is 41.3 Å². The summed E-state index contributed by atoms with van der Waals surface area (Å²) < 4.78 is 0. The predicted octanol–water partition coefficient (Wildman–Crippen LogP) is 5.44. The van der Waals surface area contributed by atoms with E-state index in [1.165, 1.54) is 11.1 Å². The Hall–Kier alpha value is -2.87. The van der Waals surface area contributed by atoms with Crippen molar-refractivity contribution in [3.8, 4) is 11.1 Å². The molecule has 0 radical (unpaired) electrons. The van der Waals surface area contributed by atoms with Gasteiger partial charge in [0.05, 0.1) is 0 Å². The molecule has 0 spiro atoms. The summed E-state index contributed by atoms with van der Waals surface area (Å²) in [5, 5.41) is 0. The van der Waals surface area contributed by atoms with Crippen molar-refractivity contribution in [2.75, 3.05) is 11.4 Å².